The molecular formula is C23H22F3N9O2S2. The summed E-state index contributed by atoms with van der Waals surface area (Å²) in [5, 5.41) is 3.79. The summed E-state index contributed by atoms with van der Waals surface area (Å²) in [4.78, 5) is 18.0. The Balaban J connectivity index is 1.72. The Labute approximate surface area is 227 Å². The van der Waals surface area contributed by atoms with Gasteiger partial charge >= 0.3 is 6.18 Å². The molecule has 39 heavy (non-hydrogen) atoms. The number of nitrogens with zero attached hydrogens (tertiary/aromatic N) is 9. The largest absolute Gasteiger partial charge is 0.497 e. The van der Waals surface area contributed by atoms with Gasteiger partial charge in [0.2, 0.25) is 16.9 Å². The predicted octanol–water partition coefficient (Wildman–Crippen LogP) is 3.64. The smallest absolute Gasteiger partial charge is 0.453 e. The van der Waals surface area contributed by atoms with Crippen molar-refractivity contribution in [1.82, 2.24) is 42.4 Å². The van der Waals surface area contributed by atoms with Crippen LogP contribution in [0.25, 0.3) is 28.7 Å². The van der Waals surface area contributed by atoms with Crippen molar-refractivity contribution in [3.05, 3.63) is 60.6 Å². The summed E-state index contributed by atoms with van der Waals surface area (Å²) in [6.45, 7) is -0.0156. The Morgan fingerprint density at radius 2 is 1.85 bits per heavy atom. The van der Waals surface area contributed by atoms with Gasteiger partial charge in [-0.05, 0) is 24.0 Å². The van der Waals surface area contributed by atoms with E-state index in [-0.39, 0.29) is 23.8 Å². The SMILES string of the molecule is COc1ccc(Cn2nc(C(F)(F)F)nc2-c2nc3ncc(SC)cn3c2-c2cn(S(=O)N(C)C)cn2)cc1. The maximum absolute atomic E-state index is 13.8. The van der Waals surface area contributed by atoms with Crippen LogP contribution >= 0.6 is 11.8 Å². The highest BCUT2D eigenvalue weighted by molar-refractivity contribution is 7.98. The van der Waals surface area contributed by atoms with Gasteiger partial charge < -0.3 is 4.74 Å². The van der Waals surface area contributed by atoms with Crippen LogP contribution in [0.15, 0.2) is 54.1 Å². The minimum Gasteiger partial charge on any atom is -0.497 e. The van der Waals surface area contributed by atoms with E-state index in [0.29, 0.717) is 22.7 Å². The highest BCUT2D eigenvalue weighted by Gasteiger charge is 2.38. The fourth-order valence-electron chi connectivity index (χ4n) is 3.78. The van der Waals surface area contributed by atoms with E-state index in [1.54, 1.807) is 55.2 Å². The van der Waals surface area contributed by atoms with Crippen molar-refractivity contribution < 1.29 is 22.1 Å². The van der Waals surface area contributed by atoms with Crippen molar-refractivity contribution in [2.24, 2.45) is 0 Å². The first-order valence-electron chi connectivity index (χ1n) is 11.3. The van der Waals surface area contributed by atoms with E-state index in [9.17, 15) is 17.4 Å². The second-order valence-electron chi connectivity index (χ2n) is 8.40. The highest BCUT2D eigenvalue weighted by Crippen LogP contribution is 2.34. The number of alkyl halides is 3. The highest BCUT2D eigenvalue weighted by atomic mass is 32.2. The average Bonchev–Trinajstić information content (AvgIpc) is 3.64. The Morgan fingerprint density at radius 1 is 1.10 bits per heavy atom. The van der Waals surface area contributed by atoms with E-state index in [4.69, 9.17) is 4.74 Å². The predicted molar refractivity (Wildman–Crippen MR) is 139 cm³/mol. The quantitative estimate of drug-likeness (QED) is 0.257. The van der Waals surface area contributed by atoms with Crippen LogP contribution in [0.4, 0.5) is 13.2 Å². The molecule has 0 aliphatic rings. The van der Waals surface area contributed by atoms with E-state index in [0.717, 1.165) is 9.58 Å². The Kier molecular flexibility index (Phi) is 7.17. The maximum atomic E-state index is 13.8. The fraction of sp³-hybridized carbons (Fsp3) is 0.261. The first-order chi connectivity index (χ1) is 18.6. The number of fused-ring (bicyclic) bond motifs is 1. The van der Waals surface area contributed by atoms with Crippen LogP contribution < -0.4 is 4.74 Å². The Hall–Kier alpha value is -3.76. The minimum absolute atomic E-state index is 0.0156. The van der Waals surface area contributed by atoms with Gasteiger partial charge in [0, 0.05) is 37.6 Å². The molecule has 4 heterocycles. The van der Waals surface area contributed by atoms with Gasteiger partial charge in [-0.2, -0.15) is 13.2 Å². The first kappa shape index (κ1) is 26.8. The standard InChI is InChI=1S/C23H22F3N9O2S2/c1-32(2)39(36)33-12-17(28-13-33)19-18(29-22-27-9-16(38-4)11-34(19)22)20-30-21(23(24,25)26)31-35(20)10-14-5-7-15(37-3)8-6-14/h5-9,11-13H,10H2,1-4H3. The Morgan fingerprint density at radius 3 is 2.49 bits per heavy atom. The number of aromatic nitrogens is 8. The van der Waals surface area contributed by atoms with Crippen LogP contribution in [0.1, 0.15) is 11.4 Å². The molecule has 0 saturated carbocycles. The van der Waals surface area contributed by atoms with Gasteiger partial charge in [-0.3, -0.25) is 4.40 Å². The maximum Gasteiger partial charge on any atom is 0.453 e. The summed E-state index contributed by atoms with van der Waals surface area (Å²) < 4.78 is 64.8. The van der Waals surface area contributed by atoms with Crippen LogP contribution in [0.3, 0.4) is 0 Å². The zero-order valence-electron chi connectivity index (χ0n) is 21.1. The van der Waals surface area contributed by atoms with Crippen molar-refractivity contribution in [1.29, 1.82) is 0 Å². The molecule has 1 atom stereocenters. The van der Waals surface area contributed by atoms with E-state index >= 15 is 0 Å². The van der Waals surface area contributed by atoms with Gasteiger partial charge in [0.05, 0.1) is 13.7 Å². The summed E-state index contributed by atoms with van der Waals surface area (Å²) in [5.74, 6) is -0.579. The molecule has 16 heteroatoms. The molecule has 0 amide bonds. The number of ether oxygens (including phenoxy) is 1. The average molecular weight is 578 g/mol. The number of methoxy groups -OCH3 is 1. The zero-order valence-corrected chi connectivity index (χ0v) is 22.8. The normalized spacial score (nSPS) is 12.9. The van der Waals surface area contributed by atoms with Crippen LogP contribution in [0.5, 0.6) is 5.75 Å². The van der Waals surface area contributed by atoms with Crippen molar-refractivity contribution in [3.8, 4) is 28.7 Å². The number of halogens is 3. The molecular weight excluding hydrogens is 555 g/mol. The van der Waals surface area contributed by atoms with Crippen LogP contribution in [-0.2, 0) is 23.9 Å². The number of benzene rings is 1. The van der Waals surface area contributed by atoms with Gasteiger partial charge in [-0.1, -0.05) is 12.1 Å². The molecule has 0 aliphatic carbocycles. The molecule has 4 aromatic heterocycles. The Bertz CT molecular complexity index is 1660. The summed E-state index contributed by atoms with van der Waals surface area (Å²) in [5.41, 5.74) is 1.42. The van der Waals surface area contributed by atoms with Crippen molar-refractivity contribution in [2.75, 3.05) is 27.5 Å². The van der Waals surface area contributed by atoms with Crippen LogP contribution in [-0.4, -0.2) is 74.1 Å². The molecule has 0 N–H and O–H groups in total. The van der Waals surface area contributed by atoms with E-state index in [2.05, 4.69) is 25.0 Å². The molecule has 5 rings (SSSR count). The van der Waals surface area contributed by atoms with Crippen molar-refractivity contribution in [2.45, 2.75) is 17.6 Å². The van der Waals surface area contributed by atoms with Crippen LogP contribution in [0, 0.1) is 0 Å². The number of hydrogen-bond donors (Lipinski definition) is 0. The number of thioether (sulfide) groups is 1. The van der Waals surface area contributed by atoms with Gasteiger partial charge in [0.1, 0.15) is 29.2 Å². The number of hydrogen-bond acceptors (Lipinski definition) is 8. The first-order valence-corrected chi connectivity index (χ1v) is 13.6. The molecule has 0 radical (unpaired) electrons. The third-order valence-corrected chi connectivity index (χ3v) is 7.48. The fourth-order valence-corrected chi connectivity index (χ4v) is 4.84. The molecule has 0 bridgehead atoms. The molecule has 1 aromatic carbocycles. The zero-order chi connectivity index (χ0) is 27.9. The van der Waals surface area contributed by atoms with Gasteiger partial charge in [-0.15, -0.1) is 16.9 Å². The van der Waals surface area contributed by atoms with Gasteiger partial charge in [0.15, 0.2) is 5.82 Å². The number of rotatable bonds is 8. The summed E-state index contributed by atoms with van der Waals surface area (Å²) in [6, 6.07) is 6.87. The molecule has 11 nitrogen and oxygen atoms in total. The van der Waals surface area contributed by atoms with Crippen LogP contribution in [0.2, 0.25) is 0 Å². The lowest BCUT2D eigenvalue weighted by Gasteiger charge is -2.08. The lowest BCUT2D eigenvalue weighted by molar-refractivity contribution is -0.144. The van der Waals surface area contributed by atoms with Crippen molar-refractivity contribution in [3.63, 3.8) is 0 Å². The molecule has 0 spiro atoms. The van der Waals surface area contributed by atoms with E-state index in [1.165, 1.54) is 39.7 Å². The van der Waals surface area contributed by atoms with Crippen molar-refractivity contribution >= 4 is 28.7 Å². The molecule has 0 fully saturated rings. The summed E-state index contributed by atoms with van der Waals surface area (Å²) in [7, 11) is 4.81. The lowest BCUT2D eigenvalue weighted by Crippen LogP contribution is -2.20. The van der Waals surface area contributed by atoms with E-state index in [1.807, 2.05) is 6.26 Å². The third kappa shape index (κ3) is 5.26. The topological polar surface area (TPSA) is 108 Å². The second-order valence-corrected chi connectivity index (χ2v) is 10.9. The lowest BCUT2D eigenvalue weighted by atomic mass is 10.2. The minimum atomic E-state index is -4.78. The number of imidazole rings is 2. The molecule has 1 unspecified atom stereocenters. The molecule has 0 saturated heterocycles. The van der Waals surface area contributed by atoms with Gasteiger partial charge in [-0.25, -0.2) is 37.1 Å². The molecule has 0 aliphatic heterocycles. The van der Waals surface area contributed by atoms with Gasteiger partial charge in [0.25, 0.3) is 5.82 Å². The van der Waals surface area contributed by atoms with E-state index < -0.39 is 23.2 Å². The monoisotopic (exact) mass is 577 g/mol. The summed E-state index contributed by atoms with van der Waals surface area (Å²) >= 11 is -0.124. The third-order valence-electron chi connectivity index (χ3n) is 5.62. The molecule has 5 aromatic rings. The summed E-state index contributed by atoms with van der Waals surface area (Å²) in [6.07, 6.45) is 3.37. The second kappa shape index (κ2) is 10.4. The molecule has 204 valence electrons.